The van der Waals surface area contributed by atoms with Crippen LogP contribution in [0.4, 0.5) is 17.2 Å². The minimum atomic E-state index is -1.21. The molecule has 33 heavy (non-hydrogen) atoms. The van der Waals surface area contributed by atoms with Crippen molar-refractivity contribution in [2.24, 2.45) is 0 Å². The summed E-state index contributed by atoms with van der Waals surface area (Å²) in [5.74, 6) is 0.122. The van der Waals surface area contributed by atoms with Crippen LogP contribution in [0.2, 0.25) is 25.7 Å². The van der Waals surface area contributed by atoms with Crippen LogP contribution in [-0.4, -0.2) is 46.1 Å². The van der Waals surface area contributed by atoms with Crippen LogP contribution in [0.25, 0.3) is 11.2 Å². The molecule has 0 aliphatic carbocycles. The van der Waals surface area contributed by atoms with Crippen LogP contribution in [0.5, 0.6) is 0 Å². The zero-order chi connectivity index (χ0) is 24.2. The number of fused-ring (bicyclic) bond motifs is 1. The zero-order valence-corrected chi connectivity index (χ0v) is 20.6. The van der Waals surface area contributed by atoms with Gasteiger partial charge in [0, 0.05) is 44.7 Å². The van der Waals surface area contributed by atoms with Gasteiger partial charge in [-0.1, -0.05) is 25.7 Å². The molecule has 0 unspecified atom stereocenters. The van der Waals surface area contributed by atoms with Crippen molar-refractivity contribution >= 4 is 42.3 Å². The van der Waals surface area contributed by atoms with Gasteiger partial charge in [-0.3, -0.25) is 14.9 Å². The number of carbonyl (C=O) groups is 1. The van der Waals surface area contributed by atoms with E-state index in [1.54, 1.807) is 22.9 Å². The molecule has 0 saturated heterocycles. The van der Waals surface area contributed by atoms with Crippen LogP contribution in [-0.2, 0) is 11.5 Å². The highest BCUT2D eigenvalue weighted by molar-refractivity contribution is 6.76. The molecule has 0 spiro atoms. The van der Waals surface area contributed by atoms with Gasteiger partial charge in [0.25, 0.3) is 11.6 Å². The first-order valence-corrected chi connectivity index (χ1v) is 14.5. The Morgan fingerprint density at radius 2 is 2.06 bits per heavy atom. The van der Waals surface area contributed by atoms with Crippen LogP contribution in [0, 0.1) is 10.1 Å². The largest absolute Gasteiger partial charge is 0.361 e. The third kappa shape index (κ3) is 6.59. The lowest BCUT2D eigenvalue weighted by Crippen LogP contribution is -2.30. The highest BCUT2D eigenvalue weighted by Crippen LogP contribution is 2.24. The molecule has 0 saturated carbocycles. The van der Waals surface area contributed by atoms with Crippen molar-refractivity contribution in [1.29, 1.82) is 0 Å². The van der Waals surface area contributed by atoms with Gasteiger partial charge in [-0.25, -0.2) is 9.97 Å². The molecule has 11 heteroatoms. The number of nitro groups is 1. The summed E-state index contributed by atoms with van der Waals surface area (Å²) in [4.78, 5) is 32.5. The molecule has 0 aliphatic rings. The summed E-state index contributed by atoms with van der Waals surface area (Å²) in [5.41, 5.74) is 1.81. The molecular weight excluding hydrogens is 440 g/mol. The van der Waals surface area contributed by atoms with Crippen LogP contribution in [0.15, 0.2) is 36.7 Å². The number of ether oxygens (including phenoxy) is 1. The molecule has 2 heterocycles. The van der Waals surface area contributed by atoms with Crippen molar-refractivity contribution < 1.29 is 14.5 Å². The molecule has 2 aromatic heterocycles. The van der Waals surface area contributed by atoms with E-state index in [0.717, 1.165) is 6.04 Å². The van der Waals surface area contributed by atoms with Crippen molar-refractivity contribution in [3.05, 3.63) is 52.3 Å². The molecule has 0 bridgehead atoms. The predicted octanol–water partition coefficient (Wildman–Crippen LogP) is 4.53. The van der Waals surface area contributed by atoms with E-state index in [-0.39, 0.29) is 24.4 Å². The Balaban J connectivity index is 1.90. The van der Waals surface area contributed by atoms with Gasteiger partial charge < -0.3 is 19.9 Å². The SMILES string of the molecule is CC(C)NC(=O)c1cn(COCC[Si](C)(C)C)c2ncc(Nc3cccc([N+](=O)[O-])c3)nc12. The fourth-order valence-corrected chi connectivity index (χ4v) is 3.86. The summed E-state index contributed by atoms with van der Waals surface area (Å²) in [7, 11) is -1.21. The van der Waals surface area contributed by atoms with Crippen molar-refractivity contribution in [3.8, 4) is 0 Å². The zero-order valence-electron chi connectivity index (χ0n) is 19.6. The first kappa shape index (κ1) is 24.3. The van der Waals surface area contributed by atoms with E-state index in [0.29, 0.717) is 34.8 Å². The van der Waals surface area contributed by atoms with E-state index in [2.05, 4.69) is 40.2 Å². The first-order chi connectivity index (χ1) is 15.5. The lowest BCUT2D eigenvalue weighted by Gasteiger charge is -2.15. The third-order valence-corrected chi connectivity index (χ3v) is 6.49. The normalized spacial score (nSPS) is 11.7. The second-order valence-electron chi connectivity index (χ2n) is 9.35. The number of carbonyl (C=O) groups excluding carboxylic acids is 1. The number of hydrogen-bond acceptors (Lipinski definition) is 7. The molecule has 0 fully saturated rings. The van der Waals surface area contributed by atoms with Crippen LogP contribution >= 0.6 is 0 Å². The number of amides is 1. The van der Waals surface area contributed by atoms with Crippen molar-refractivity contribution in [1.82, 2.24) is 19.9 Å². The maximum atomic E-state index is 12.8. The van der Waals surface area contributed by atoms with Gasteiger partial charge in [-0.15, -0.1) is 0 Å². The molecule has 176 valence electrons. The molecule has 0 radical (unpaired) electrons. The average molecular weight is 471 g/mol. The van der Waals surface area contributed by atoms with Crippen molar-refractivity contribution in [2.75, 3.05) is 11.9 Å². The third-order valence-electron chi connectivity index (χ3n) is 4.79. The second kappa shape index (κ2) is 10.1. The Morgan fingerprint density at radius 3 is 2.73 bits per heavy atom. The predicted molar refractivity (Wildman–Crippen MR) is 131 cm³/mol. The molecule has 10 nitrogen and oxygen atoms in total. The summed E-state index contributed by atoms with van der Waals surface area (Å²) in [6.45, 7) is 11.5. The van der Waals surface area contributed by atoms with Gasteiger partial charge in [0.1, 0.15) is 18.1 Å². The first-order valence-electron chi connectivity index (χ1n) is 10.8. The van der Waals surface area contributed by atoms with Crippen LogP contribution in [0.3, 0.4) is 0 Å². The number of anilines is 2. The summed E-state index contributed by atoms with van der Waals surface area (Å²) >= 11 is 0. The molecule has 3 aromatic rings. The standard InChI is InChI=1S/C22H30N6O4Si/c1-15(2)24-22(29)18-13-27(14-32-9-10-33(3,4)5)21-20(18)26-19(12-23-21)25-16-7-6-8-17(11-16)28(30)31/h6-8,11-13,15H,9-10,14H2,1-5H3,(H,24,29)(H,25,26). The average Bonchev–Trinajstić information content (AvgIpc) is 3.08. The van der Waals surface area contributed by atoms with E-state index in [4.69, 9.17) is 4.74 Å². The maximum absolute atomic E-state index is 12.8. The number of nitrogens with zero attached hydrogens (tertiary/aromatic N) is 4. The number of aromatic nitrogens is 3. The molecule has 3 rings (SSSR count). The van der Waals surface area contributed by atoms with Gasteiger partial charge in [0.2, 0.25) is 0 Å². The van der Waals surface area contributed by atoms with E-state index < -0.39 is 13.0 Å². The molecule has 1 amide bonds. The molecular formula is C22H30N6O4Si. The fourth-order valence-electron chi connectivity index (χ4n) is 3.10. The van der Waals surface area contributed by atoms with E-state index >= 15 is 0 Å². The van der Waals surface area contributed by atoms with E-state index in [1.807, 2.05) is 13.8 Å². The summed E-state index contributed by atoms with van der Waals surface area (Å²) in [5, 5.41) is 17.0. The number of nitrogens with one attached hydrogen (secondary N) is 2. The number of rotatable bonds is 10. The summed E-state index contributed by atoms with van der Waals surface area (Å²) in [6.07, 6.45) is 3.23. The van der Waals surface area contributed by atoms with Gasteiger partial charge in [0.05, 0.1) is 16.7 Å². The van der Waals surface area contributed by atoms with Crippen LogP contribution in [0.1, 0.15) is 24.2 Å². The Morgan fingerprint density at radius 1 is 1.30 bits per heavy atom. The van der Waals surface area contributed by atoms with Crippen LogP contribution < -0.4 is 10.6 Å². The number of hydrogen-bond donors (Lipinski definition) is 2. The van der Waals surface area contributed by atoms with Gasteiger partial charge in [-0.2, -0.15) is 0 Å². The maximum Gasteiger partial charge on any atom is 0.271 e. The lowest BCUT2D eigenvalue weighted by atomic mass is 10.2. The quantitative estimate of drug-likeness (QED) is 0.193. The second-order valence-corrected chi connectivity index (χ2v) is 15.0. The molecule has 2 N–H and O–H groups in total. The number of non-ortho nitro benzene ring substituents is 1. The fraction of sp³-hybridized carbons (Fsp3) is 0.409. The minimum Gasteiger partial charge on any atom is -0.361 e. The summed E-state index contributed by atoms with van der Waals surface area (Å²) in [6, 6.07) is 7.11. The van der Waals surface area contributed by atoms with Gasteiger partial charge in [0.15, 0.2) is 5.65 Å². The lowest BCUT2D eigenvalue weighted by molar-refractivity contribution is -0.384. The summed E-state index contributed by atoms with van der Waals surface area (Å²) < 4.78 is 7.63. The van der Waals surface area contributed by atoms with Crippen molar-refractivity contribution in [3.63, 3.8) is 0 Å². The minimum absolute atomic E-state index is 0.0346. The Hall–Kier alpha value is -3.31. The van der Waals surface area contributed by atoms with Gasteiger partial charge >= 0.3 is 0 Å². The Labute approximate surface area is 193 Å². The number of nitro benzene ring substituents is 1. The van der Waals surface area contributed by atoms with E-state index in [9.17, 15) is 14.9 Å². The molecule has 0 aliphatic heterocycles. The smallest absolute Gasteiger partial charge is 0.271 e. The van der Waals surface area contributed by atoms with Gasteiger partial charge in [-0.05, 0) is 26.0 Å². The Bertz CT molecular complexity index is 1160. The monoisotopic (exact) mass is 470 g/mol. The highest BCUT2D eigenvalue weighted by atomic mass is 28.3. The van der Waals surface area contributed by atoms with Crippen molar-refractivity contribution in [2.45, 2.75) is 52.3 Å². The molecule has 0 atom stereocenters. The van der Waals surface area contributed by atoms with E-state index in [1.165, 1.54) is 18.3 Å². The Kier molecular flexibility index (Phi) is 7.44. The highest BCUT2D eigenvalue weighted by Gasteiger charge is 2.20. The molecule has 1 aromatic carbocycles. The number of benzene rings is 1. The topological polar surface area (TPSA) is 124 Å².